The van der Waals surface area contributed by atoms with Crippen LogP contribution in [0.4, 0.5) is 0 Å². The Kier molecular flexibility index (Phi) is 4.65. The third-order valence-corrected chi connectivity index (χ3v) is 4.40. The van der Waals surface area contributed by atoms with Crippen molar-refractivity contribution in [2.24, 2.45) is 0 Å². The molecule has 2 aromatic rings. The maximum atomic E-state index is 12.5. The second-order valence-electron chi connectivity index (χ2n) is 6.06. The molecule has 1 atom stereocenters. The van der Waals surface area contributed by atoms with Crippen molar-refractivity contribution < 1.29 is 19.1 Å². The summed E-state index contributed by atoms with van der Waals surface area (Å²) < 4.78 is 5.28. The molecule has 2 amide bonds. The molecule has 0 radical (unpaired) electrons. The molecule has 0 saturated carbocycles. The molecule has 0 aromatic heterocycles. The van der Waals surface area contributed by atoms with Crippen molar-refractivity contribution in [2.45, 2.75) is 32.9 Å². The molecule has 0 aliphatic carbocycles. The Bertz CT molecular complexity index is 829. The first-order chi connectivity index (χ1) is 12.0. The quantitative estimate of drug-likeness (QED) is 0.619. The highest BCUT2D eigenvalue weighted by atomic mass is 16.5. The SMILES string of the molecule is CCC(C)N1C(=O)c2ccc(C(=O)OCc3ccccc3)cc2C1=O. The predicted molar refractivity (Wildman–Crippen MR) is 92.3 cm³/mol. The molecule has 5 nitrogen and oxygen atoms in total. The molecular formula is C20H19NO4. The summed E-state index contributed by atoms with van der Waals surface area (Å²) in [5.41, 5.74) is 1.75. The van der Waals surface area contributed by atoms with Gasteiger partial charge in [0.1, 0.15) is 6.61 Å². The molecule has 2 aromatic carbocycles. The van der Waals surface area contributed by atoms with Gasteiger partial charge in [0.25, 0.3) is 11.8 Å². The van der Waals surface area contributed by atoms with Crippen LogP contribution >= 0.6 is 0 Å². The smallest absolute Gasteiger partial charge is 0.338 e. The van der Waals surface area contributed by atoms with Crippen LogP contribution in [0.5, 0.6) is 0 Å². The largest absolute Gasteiger partial charge is 0.457 e. The molecular weight excluding hydrogens is 318 g/mol. The number of hydrogen-bond donors (Lipinski definition) is 0. The number of ether oxygens (including phenoxy) is 1. The molecule has 1 unspecified atom stereocenters. The predicted octanol–water partition coefficient (Wildman–Crippen LogP) is 3.44. The van der Waals surface area contributed by atoms with Gasteiger partial charge in [0.2, 0.25) is 0 Å². The van der Waals surface area contributed by atoms with Gasteiger partial charge in [-0.1, -0.05) is 37.3 Å². The molecule has 0 N–H and O–H groups in total. The monoisotopic (exact) mass is 337 g/mol. The average molecular weight is 337 g/mol. The Balaban J connectivity index is 1.78. The Hall–Kier alpha value is -2.95. The number of rotatable bonds is 5. The van der Waals surface area contributed by atoms with E-state index in [4.69, 9.17) is 4.74 Å². The number of benzene rings is 2. The lowest BCUT2D eigenvalue weighted by Gasteiger charge is -2.20. The van der Waals surface area contributed by atoms with Crippen LogP contribution < -0.4 is 0 Å². The first kappa shape index (κ1) is 16.9. The zero-order valence-electron chi connectivity index (χ0n) is 14.2. The number of nitrogens with zero attached hydrogens (tertiary/aromatic N) is 1. The van der Waals surface area contributed by atoms with Crippen molar-refractivity contribution >= 4 is 17.8 Å². The minimum absolute atomic E-state index is 0.155. The second-order valence-corrected chi connectivity index (χ2v) is 6.06. The van der Waals surface area contributed by atoms with Gasteiger partial charge in [-0.05, 0) is 37.1 Å². The summed E-state index contributed by atoms with van der Waals surface area (Å²) >= 11 is 0. The zero-order valence-corrected chi connectivity index (χ0v) is 14.2. The first-order valence-electron chi connectivity index (χ1n) is 8.26. The molecule has 1 heterocycles. The van der Waals surface area contributed by atoms with Gasteiger partial charge in [-0.25, -0.2) is 4.79 Å². The van der Waals surface area contributed by atoms with E-state index >= 15 is 0 Å². The minimum atomic E-state index is -0.520. The van der Waals surface area contributed by atoms with Crippen LogP contribution in [0.1, 0.15) is 56.9 Å². The average Bonchev–Trinajstić information content (AvgIpc) is 2.90. The summed E-state index contributed by atoms with van der Waals surface area (Å²) in [6.45, 7) is 3.90. The van der Waals surface area contributed by atoms with Gasteiger partial charge in [-0.2, -0.15) is 0 Å². The van der Waals surface area contributed by atoms with Crippen LogP contribution in [0, 0.1) is 0 Å². The van der Waals surface area contributed by atoms with Crippen molar-refractivity contribution in [1.29, 1.82) is 0 Å². The molecule has 0 spiro atoms. The molecule has 5 heteroatoms. The van der Waals surface area contributed by atoms with Gasteiger partial charge < -0.3 is 4.74 Å². The molecule has 0 bridgehead atoms. The Morgan fingerprint density at radius 2 is 1.72 bits per heavy atom. The number of fused-ring (bicyclic) bond motifs is 1. The first-order valence-corrected chi connectivity index (χ1v) is 8.26. The van der Waals surface area contributed by atoms with Crippen LogP contribution in [0.15, 0.2) is 48.5 Å². The van der Waals surface area contributed by atoms with Gasteiger partial charge >= 0.3 is 5.97 Å². The van der Waals surface area contributed by atoms with Crippen LogP contribution in [0.3, 0.4) is 0 Å². The van der Waals surface area contributed by atoms with E-state index in [1.165, 1.54) is 23.1 Å². The summed E-state index contributed by atoms with van der Waals surface area (Å²) in [6.07, 6.45) is 0.678. The fourth-order valence-electron chi connectivity index (χ4n) is 2.78. The van der Waals surface area contributed by atoms with E-state index in [1.807, 2.05) is 44.2 Å². The molecule has 3 rings (SSSR count). The molecule has 0 saturated heterocycles. The van der Waals surface area contributed by atoms with Gasteiger partial charge in [0.05, 0.1) is 16.7 Å². The minimum Gasteiger partial charge on any atom is -0.457 e. The van der Waals surface area contributed by atoms with E-state index in [2.05, 4.69) is 0 Å². The van der Waals surface area contributed by atoms with Gasteiger partial charge in [-0.3, -0.25) is 14.5 Å². The fraction of sp³-hybridized carbons (Fsp3) is 0.250. The van der Waals surface area contributed by atoms with Crippen molar-refractivity contribution in [3.63, 3.8) is 0 Å². The summed E-state index contributed by atoms with van der Waals surface area (Å²) in [5, 5.41) is 0. The van der Waals surface area contributed by atoms with E-state index in [0.717, 1.165) is 5.56 Å². The third kappa shape index (κ3) is 3.18. The summed E-state index contributed by atoms with van der Waals surface area (Å²) in [4.78, 5) is 38.4. The second kappa shape index (κ2) is 6.89. The fourth-order valence-corrected chi connectivity index (χ4v) is 2.78. The van der Waals surface area contributed by atoms with E-state index in [9.17, 15) is 14.4 Å². The zero-order chi connectivity index (χ0) is 18.0. The maximum Gasteiger partial charge on any atom is 0.338 e. The molecule has 0 fully saturated rings. The number of amides is 2. The van der Waals surface area contributed by atoms with E-state index < -0.39 is 5.97 Å². The van der Waals surface area contributed by atoms with Gasteiger partial charge in [-0.15, -0.1) is 0 Å². The number of carbonyl (C=O) groups excluding carboxylic acids is 3. The molecule has 25 heavy (non-hydrogen) atoms. The van der Waals surface area contributed by atoms with E-state index in [1.54, 1.807) is 0 Å². The van der Waals surface area contributed by atoms with E-state index in [0.29, 0.717) is 12.0 Å². The van der Waals surface area contributed by atoms with Crippen molar-refractivity contribution in [3.05, 3.63) is 70.8 Å². The highest BCUT2D eigenvalue weighted by Crippen LogP contribution is 2.27. The Morgan fingerprint density at radius 3 is 2.40 bits per heavy atom. The number of imide groups is 1. The number of hydrogen-bond acceptors (Lipinski definition) is 4. The van der Waals surface area contributed by atoms with Crippen molar-refractivity contribution in [1.82, 2.24) is 4.90 Å². The lowest BCUT2D eigenvalue weighted by Crippen LogP contribution is -2.37. The van der Waals surface area contributed by atoms with Crippen molar-refractivity contribution in [2.75, 3.05) is 0 Å². The van der Waals surface area contributed by atoms with E-state index in [-0.39, 0.29) is 35.6 Å². The maximum absolute atomic E-state index is 12.5. The lowest BCUT2D eigenvalue weighted by atomic mass is 10.1. The molecule has 1 aliphatic rings. The van der Waals surface area contributed by atoms with Gasteiger partial charge in [0.15, 0.2) is 0 Å². The lowest BCUT2D eigenvalue weighted by molar-refractivity contribution is 0.0472. The highest BCUT2D eigenvalue weighted by molar-refractivity contribution is 6.22. The van der Waals surface area contributed by atoms with Gasteiger partial charge in [0, 0.05) is 6.04 Å². The van der Waals surface area contributed by atoms with Crippen LogP contribution in [-0.2, 0) is 11.3 Å². The topological polar surface area (TPSA) is 63.7 Å². The number of carbonyl (C=O) groups is 3. The summed E-state index contributed by atoms with van der Waals surface area (Å²) in [5.74, 6) is -1.18. The third-order valence-electron chi connectivity index (χ3n) is 4.40. The van der Waals surface area contributed by atoms with Crippen LogP contribution in [-0.4, -0.2) is 28.7 Å². The Labute approximate surface area is 146 Å². The summed E-state index contributed by atoms with van der Waals surface area (Å²) in [6, 6.07) is 13.7. The normalized spacial score (nSPS) is 14.4. The standard InChI is InChI=1S/C20H19NO4/c1-3-13(2)21-18(22)16-10-9-15(11-17(16)19(21)23)20(24)25-12-14-7-5-4-6-8-14/h4-11,13H,3,12H2,1-2H3. The molecule has 128 valence electrons. The van der Waals surface area contributed by atoms with Crippen LogP contribution in [0.25, 0.3) is 0 Å². The Morgan fingerprint density at radius 1 is 1.04 bits per heavy atom. The molecule has 1 aliphatic heterocycles. The highest BCUT2D eigenvalue weighted by Gasteiger charge is 2.38. The van der Waals surface area contributed by atoms with Crippen LogP contribution in [0.2, 0.25) is 0 Å². The summed E-state index contributed by atoms with van der Waals surface area (Å²) in [7, 11) is 0. The van der Waals surface area contributed by atoms with Crippen molar-refractivity contribution in [3.8, 4) is 0 Å². The number of esters is 1.